The number of hydrazone groups is 1. The quantitative estimate of drug-likeness (QED) is 0.506. The van der Waals surface area contributed by atoms with Crippen molar-refractivity contribution < 1.29 is 14.3 Å². The minimum absolute atomic E-state index is 0.184. The van der Waals surface area contributed by atoms with E-state index in [4.69, 9.17) is 9.47 Å². The fraction of sp³-hybridized carbons (Fsp3) is 0.182. The van der Waals surface area contributed by atoms with Crippen molar-refractivity contribution in [2.75, 3.05) is 14.2 Å². The van der Waals surface area contributed by atoms with Gasteiger partial charge < -0.3 is 14.0 Å². The molecule has 3 rings (SSSR count). The Morgan fingerprint density at radius 1 is 1.07 bits per heavy atom. The minimum atomic E-state index is -0.184. The largest absolute Gasteiger partial charge is 0.497 e. The van der Waals surface area contributed by atoms with Crippen LogP contribution in [0.5, 0.6) is 11.5 Å². The fourth-order valence-electron chi connectivity index (χ4n) is 2.88. The zero-order valence-corrected chi connectivity index (χ0v) is 16.2. The number of nitrogens with one attached hydrogen (secondary N) is 1. The first-order chi connectivity index (χ1) is 13.6. The molecule has 0 spiro atoms. The first-order valence-electron chi connectivity index (χ1n) is 8.87. The van der Waals surface area contributed by atoms with E-state index >= 15 is 0 Å². The smallest absolute Gasteiger partial charge is 0.244 e. The van der Waals surface area contributed by atoms with Crippen molar-refractivity contribution in [2.24, 2.45) is 5.10 Å². The van der Waals surface area contributed by atoms with Crippen LogP contribution in [0.2, 0.25) is 0 Å². The lowest BCUT2D eigenvalue weighted by atomic mass is 10.1. The zero-order chi connectivity index (χ0) is 19.9. The van der Waals surface area contributed by atoms with E-state index in [9.17, 15) is 4.79 Å². The summed E-state index contributed by atoms with van der Waals surface area (Å²) in [5.41, 5.74) is 6.42. The Hall–Kier alpha value is -3.54. The molecule has 1 aromatic heterocycles. The highest BCUT2D eigenvalue weighted by Crippen LogP contribution is 2.18. The van der Waals surface area contributed by atoms with Crippen molar-refractivity contribution in [2.45, 2.75) is 13.3 Å². The first-order valence-corrected chi connectivity index (χ1v) is 8.87. The molecule has 28 heavy (non-hydrogen) atoms. The van der Waals surface area contributed by atoms with Crippen molar-refractivity contribution in [3.8, 4) is 17.2 Å². The van der Waals surface area contributed by atoms with Gasteiger partial charge in [-0.05, 0) is 55.0 Å². The number of hydrogen-bond acceptors (Lipinski definition) is 4. The van der Waals surface area contributed by atoms with E-state index in [-0.39, 0.29) is 12.3 Å². The van der Waals surface area contributed by atoms with Gasteiger partial charge in [0.05, 0.1) is 26.9 Å². The van der Waals surface area contributed by atoms with Crippen molar-refractivity contribution in [1.29, 1.82) is 0 Å². The number of nitrogens with zero attached hydrogens (tertiary/aromatic N) is 2. The summed E-state index contributed by atoms with van der Waals surface area (Å²) in [5.74, 6) is 1.36. The molecule has 6 nitrogen and oxygen atoms in total. The number of benzene rings is 2. The van der Waals surface area contributed by atoms with Gasteiger partial charge in [-0.15, -0.1) is 0 Å². The van der Waals surface area contributed by atoms with Crippen LogP contribution < -0.4 is 14.9 Å². The van der Waals surface area contributed by atoms with Gasteiger partial charge in [0.2, 0.25) is 5.91 Å². The van der Waals surface area contributed by atoms with E-state index < -0.39 is 0 Å². The summed E-state index contributed by atoms with van der Waals surface area (Å²) < 4.78 is 12.4. The maximum absolute atomic E-state index is 12.1. The molecule has 3 aromatic rings. The summed E-state index contributed by atoms with van der Waals surface area (Å²) in [6.45, 7) is 2.02. The second-order valence-electron chi connectivity index (χ2n) is 6.30. The molecule has 0 bridgehead atoms. The van der Waals surface area contributed by atoms with Crippen LogP contribution in [0.4, 0.5) is 0 Å². The number of hydrogen-bond donors (Lipinski definition) is 1. The zero-order valence-electron chi connectivity index (χ0n) is 16.2. The molecule has 0 fully saturated rings. The Labute approximate surface area is 164 Å². The Bertz CT molecular complexity index is 975. The monoisotopic (exact) mass is 377 g/mol. The SMILES string of the molecule is COc1ccc(-n2cc(/C=N/NC(=O)Cc3cccc(OC)c3)cc2C)cc1. The predicted octanol–water partition coefficient (Wildman–Crippen LogP) is 3.50. The van der Waals surface area contributed by atoms with Crippen LogP contribution in [0.25, 0.3) is 5.69 Å². The minimum Gasteiger partial charge on any atom is -0.497 e. The van der Waals surface area contributed by atoms with Crippen LogP contribution in [0, 0.1) is 6.92 Å². The number of carbonyl (C=O) groups excluding carboxylic acids is 1. The Balaban J connectivity index is 1.61. The van der Waals surface area contributed by atoms with E-state index in [1.165, 1.54) is 0 Å². The highest BCUT2D eigenvalue weighted by molar-refractivity contribution is 5.83. The van der Waals surface area contributed by atoms with Gasteiger partial charge in [0.1, 0.15) is 11.5 Å². The van der Waals surface area contributed by atoms with Crippen LogP contribution in [0.1, 0.15) is 16.8 Å². The van der Waals surface area contributed by atoms with Gasteiger partial charge in [-0.3, -0.25) is 4.79 Å². The number of rotatable bonds is 7. The highest BCUT2D eigenvalue weighted by Gasteiger charge is 2.05. The van der Waals surface area contributed by atoms with Crippen LogP contribution in [0.15, 0.2) is 65.9 Å². The normalized spacial score (nSPS) is 10.8. The molecule has 2 aromatic carbocycles. The van der Waals surface area contributed by atoms with Crippen LogP contribution in [0.3, 0.4) is 0 Å². The molecule has 0 saturated heterocycles. The second kappa shape index (κ2) is 8.90. The molecule has 144 valence electrons. The van der Waals surface area contributed by atoms with Gasteiger partial charge in [0.15, 0.2) is 0 Å². The Morgan fingerprint density at radius 2 is 1.82 bits per heavy atom. The maximum Gasteiger partial charge on any atom is 0.244 e. The number of methoxy groups -OCH3 is 2. The molecule has 0 saturated carbocycles. The number of aromatic nitrogens is 1. The summed E-state index contributed by atoms with van der Waals surface area (Å²) >= 11 is 0. The molecule has 0 atom stereocenters. The number of amides is 1. The van der Waals surface area contributed by atoms with Gasteiger partial charge in [0, 0.05) is 23.1 Å². The second-order valence-corrected chi connectivity index (χ2v) is 6.30. The molecular formula is C22H23N3O3. The standard InChI is InChI=1S/C22H23N3O3/c1-16-11-18(15-25(16)19-7-9-20(27-2)10-8-19)14-23-24-22(26)13-17-5-4-6-21(12-17)28-3/h4-12,14-15H,13H2,1-3H3,(H,24,26)/b23-14+. The van der Waals surface area contributed by atoms with E-state index in [1.807, 2.05) is 67.7 Å². The van der Waals surface area contributed by atoms with Gasteiger partial charge >= 0.3 is 0 Å². The Kier molecular flexibility index (Phi) is 6.11. The van der Waals surface area contributed by atoms with E-state index in [0.717, 1.165) is 34.0 Å². The summed E-state index contributed by atoms with van der Waals surface area (Å²) in [4.78, 5) is 12.1. The molecule has 0 aliphatic carbocycles. The summed E-state index contributed by atoms with van der Waals surface area (Å²) in [6, 6.07) is 17.2. The summed E-state index contributed by atoms with van der Waals surface area (Å²) in [5, 5.41) is 4.07. The third-order valence-corrected chi connectivity index (χ3v) is 4.29. The number of ether oxygens (including phenoxy) is 2. The lowest BCUT2D eigenvalue weighted by Gasteiger charge is -2.06. The molecule has 0 radical (unpaired) electrons. The van der Waals surface area contributed by atoms with Crippen molar-refractivity contribution in [3.63, 3.8) is 0 Å². The summed E-state index contributed by atoms with van der Waals surface area (Å²) in [7, 11) is 3.25. The van der Waals surface area contributed by atoms with E-state index in [1.54, 1.807) is 20.4 Å². The Morgan fingerprint density at radius 3 is 2.54 bits per heavy atom. The molecule has 1 N–H and O–H groups in total. The molecule has 6 heteroatoms. The van der Waals surface area contributed by atoms with E-state index in [0.29, 0.717) is 0 Å². The van der Waals surface area contributed by atoms with Crippen LogP contribution in [-0.2, 0) is 11.2 Å². The third kappa shape index (κ3) is 4.79. The lowest BCUT2D eigenvalue weighted by Crippen LogP contribution is -2.19. The van der Waals surface area contributed by atoms with E-state index in [2.05, 4.69) is 15.1 Å². The molecule has 1 heterocycles. The van der Waals surface area contributed by atoms with Crippen molar-refractivity contribution in [3.05, 3.63) is 77.6 Å². The number of carbonyl (C=O) groups is 1. The van der Waals surface area contributed by atoms with Crippen molar-refractivity contribution >= 4 is 12.1 Å². The first kappa shape index (κ1) is 19.2. The average molecular weight is 377 g/mol. The van der Waals surface area contributed by atoms with Gasteiger partial charge in [-0.25, -0.2) is 5.43 Å². The number of aryl methyl sites for hydroxylation is 1. The van der Waals surface area contributed by atoms with Crippen LogP contribution >= 0.6 is 0 Å². The molecule has 0 aliphatic heterocycles. The predicted molar refractivity (Wildman–Crippen MR) is 109 cm³/mol. The molecule has 1 amide bonds. The van der Waals surface area contributed by atoms with Gasteiger partial charge in [0.25, 0.3) is 0 Å². The summed E-state index contributed by atoms with van der Waals surface area (Å²) in [6.07, 6.45) is 3.84. The topological polar surface area (TPSA) is 64.8 Å². The molecular weight excluding hydrogens is 354 g/mol. The molecule has 0 unspecified atom stereocenters. The van der Waals surface area contributed by atoms with Gasteiger partial charge in [-0.1, -0.05) is 12.1 Å². The van der Waals surface area contributed by atoms with Crippen LogP contribution in [-0.4, -0.2) is 30.9 Å². The van der Waals surface area contributed by atoms with Gasteiger partial charge in [-0.2, -0.15) is 5.10 Å². The fourth-order valence-corrected chi connectivity index (χ4v) is 2.88. The maximum atomic E-state index is 12.1. The molecule has 0 aliphatic rings. The highest BCUT2D eigenvalue weighted by atomic mass is 16.5. The lowest BCUT2D eigenvalue weighted by molar-refractivity contribution is -0.120. The average Bonchev–Trinajstić information content (AvgIpc) is 3.08. The van der Waals surface area contributed by atoms with Crippen molar-refractivity contribution in [1.82, 2.24) is 9.99 Å². The third-order valence-electron chi connectivity index (χ3n) is 4.29.